The predicted molar refractivity (Wildman–Crippen MR) is 84.0 cm³/mol. The molecule has 2 rings (SSSR count). The molecule has 2 atom stereocenters. The van der Waals surface area contributed by atoms with Gasteiger partial charge in [0.05, 0.1) is 6.61 Å². The number of rotatable bonds is 8. The molecule has 0 spiro atoms. The highest BCUT2D eigenvalue weighted by molar-refractivity contribution is 7.99. The van der Waals surface area contributed by atoms with E-state index in [1.54, 1.807) is 0 Å². The van der Waals surface area contributed by atoms with Gasteiger partial charge in [0, 0.05) is 23.2 Å². The topological polar surface area (TPSA) is 9.23 Å². The summed E-state index contributed by atoms with van der Waals surface area (Å²) >= 11 is 1.97. The lowest BCUT2D eigenvalue weighted by atomic mass is 10.00. The van der Waals surface area contributed by atoms with E-state index in [-0.39, 0.29) is 0 Å². The van der Waals surface area contributed by atoms with E-state index in [0.29, 0.717) is 5.92 Å². The molecule has 0 amide bonds. The van der Waals surface area contributed by atoms with Gasteiger partial charge in [0.2, 0.25) is 0 Å². The number of benzene rings is 1. The van der Waals surface area contributed by atoms with Crippen LogP contribution >= 0.6 is 11.8 Å². The maximum Gasteiger partial charge on any atom is 0.0543 e. The molecule has 2 heteroatoms. The zero-order valence-electron chi connectivity index (χ0n) is 12.2. The third-order valence-electron chi connectivity index (χ3n) is 4.01. The Hall–Kier alpha value is -0.470. The number of thioether (sulfide) groups is 1. The van der Waals surface area contributed by atoms with Crippen LogP contribution in [0.3, 0.4) is 0 Å². The third-order valence-corrected chi connectivity index (χ3v) is 5.27. The molecule has 1 heterocycles. The summed E-state index contributed by atoms with van der Waals surface area (Å²) in [6, 6.07) is 8.77. The summed E-state index contributed by atoms with van der Waals surface area (Å²) in [4.78, 5) is 1.45. The van der Waals surface area contributed by atoms with Crippen molar-refractivity contribution in [3.63, 3.8) is 0 Å². The highest BCUT2D eigenvalue weighted by Gasteiger charge is 2.22. The summed E-state index contributed by atoms with van der Waals surface area (Å²) in [7, 11) is 0. The van der Waals surface area contributed by atoms with E-state index in [1.807, 2.05) is 11.8 Å². The minimum atomic E-state index is 0.602. The van der Waals surface area contributed by atoms with Gasteiger partial charge in [0.15, 0.2) is 0 Å². The minimum absolute atomic E-state index is 0.602. The highest BCUT2D eigenvalue weighted by atomic mass is 32.2. The fourth-order valence-corrected chi connectivity index (χ4v) is 3.88. The van der Waals surface area contributed by atoms with Gasteiger partial charge < -0.3 is 4.74 Å². The predicted octanol–water partition coefficient (Wildman–Crippen LogP) is 5.11. The molecule has 0 bridgehead atoms. The molecule has 0 aromatic heterocycles. The van der Waals surface area contributed by atoms with Gasteiger partial charge in [-0.1, -0.05) is 51.3 Å². The Bertz CT molecular complexity index is 377. The molecule has 0 fully saturated rings. The van der Waals surface area contributed by atoms with Crippen molar-refractivity contribution in [2.24, 2.45) is 5.92 Å². The minimum Gasteiger partial charge on any atom is -0.380 e. The number of fused-ring (bicyclic) bond motifs is 1. The Labute approximate surface area is 122 Å². The van der Waals surface area contributed by atoms with Crippen LogP contribution in [0.1, 0.15) is 51.0 Å². The maximum atomic E-state index is 6.01. The van der Waals surface area contributed by atoms with E-state index < -0.39 is 0 Å². The SMILES string of the molecule is CCCCC(CC)COCC1CSc2ccccc21. The number of unbranched alkanes of at least 4 members (excludes halogenated alkanes) is 1. The van der Waals surface area contributed by atoms with Crippen LogP contribution in [0.5, 0.6) is 0 Å². The summed E-state index contributed by atoms with van der Waals surface area (Å²) in [6.45, 7) is 6.39. The Morgan fingerprint density at radius 3 is 2.95 bits per heavy atom. The molecule has 0 saturated carbocycles. The van der Waals surface area contributed by atoms with Gasteiger partial charge >= 0.3 is 0 Å². The van der Waals surface area contributed by atoms with Gasteiger partial charge in [0.25, 0.3) is 0 Å². The maximum absolute atomic E-state index is 6.01. The average Bonchev–Trinajstić information content (AvgIpc) is 2.86. The van der Waals surface area contributed by atoms with Crippen molar-refractivity contribution in [1.29, 1.82) is 0 Å². The summed E-state index contributed by atoms with van der Waals surface area (Å²) in [5.41, 5.74) is 1.49. The Balaban J connectivity index is 1.74. The lowest BCUT2D eigenvalue weighted by Crippen LogP contribution is -2.14. The fourth-order valence-electron chi connectivity index (χ4n) is 2.64. The van der Waals surface area contributed by atoms with Gasteiger partial charge in [-0.3, -0.25) is 0 Å². The van der Waals surface area contributed by atoms with Gasteiger partial charge in [0.1, 0.15) is 0 Å². The summed E-state index contributed by atoms with van der Waals surface area (Å²) < 4.78 is 6.01. The fraction of sp³-hybridized carbons (Fsp3) is 0.647. The van der Waals surface area contributed by atoms with E-state index in [9.17, 15) is 0 Å². The van der Waals surface area contributed by atoms with Gasteiger partial charge in [-0.25, -0.2) is 0 Å². The molecule has 1 aliphatic heterocycles. The summed E-state index contributed by atoms with van der Waals surface area (Å²) in [6.07, 6.45) is 5.20. The van der Waals surface area contributed by atoms with Crippen LogP contribution in [0.2, 0.25) is 0 Å². The van der Waals surface area contributed by atoms with E-state index >= 15 is 0 Å². The molecule has 1 nitrogen and oxygen atoms in total. The molecule has 19 heavy (non-hydrogen) atoms. The summed E-state index contributed by atoms with van der Waals surface area (Å²) in [5, 5.41) is 0. The van der Waals surface area contributed by atoms with Crippen molar-refractivity contribution in [3.8, 4) is 0 Å². The first-order chi connectivity index (χ1) is 9.35. The normalized spacial score (nSPS) is 19.4. The molecular formula is C17H26OS. The van der Waals surface area contributed by atoms with Crippen molar-refractivity contribution in [2.75, 3.05) is 19.0 Å². The Kier molecular flexibility index (Phi) is 6.25. The lowest BCUT2D eigenvalue weighted by molar-refractivity contribution is 0.0865. The Morgan fingerprint density at radius 2 is 2.16 bits per heavy atom. The van der Waals surface area contributed by atoms with Crippen LogP contribution in [-0.2, 0) is 4.74 Å². The molecule has 1 aliphatic rings. The first-order valence-electron chi connectivity index (χ1n) is 7.64. The second-order valence-electron chi connectivity index (χ2n) is 5.50. The first kappa shape index (κ1) is 14.9. The number of hydrogen-bond donors (Lipinski definition) is 0. The van der Waals surface area contributed by atoms with Crippen molar-refractivity contribution >= 4 is 11.8 Å². The first-order valence-corrected chi connectivity index (χ1v) is 8.63. The number of ether oxygens (including phenoxy) is 1. The molecule has 0 radical (unpaired) electrons. The van der Waals surface area contributed by atoms with E-state index in [2.05, 4.69) is 38.1 Å². The van der Waals surface area contributed by atoms with Gasteiger partial charge in [-0.2, -0.15) is 0 Å². The van der Waals surface area contributed by atoms with Gasteiger partial charge in [-0.15, -0.1) is 11.8 Å². The van der Waals surface area contributed by atoms with Crippen molar-refractivity contribution in [2.45, 2.75) is 50.3 Å². The molecule has 0 aliphatic carbocycles. The second-order valence-corrected chi connectivity index (χ2v) is 6.56. The van der Waals surface area contributed by atoms with E-state index in [4.69, 9.17) is 4.74 Å². The van der Waals surface area contributed by atoms with Crippen LogP contribution in [-0.4, -0.2) is 19.0 Å². The van der Waals surface area contributed by atoms with E-state index in [1.165, 1.54) is 41.9 Å². The molecule has 1 aromatic rings. The number of hydrogen-bond acceptors (Lipinski definition) is 2. The van der Waals surface area contributed by atoms with Crippen molar-refractivity contribution < 1.29 is 4.74 Å². The van der Waals surface area contributed by atoms with Crippen LogP contribution in [0, 0.1) is 5.92 Å². The smallest absolute Gasteiger partial charge is 0.0543 e. The van der Waals surface area contributed by atoms with Crippen LogP contribution in [0.4, 0.5) is 0 Å². The zero-order chi connectivity index (χ0) is 13.5. The molecule has 106 valence electrons. The molecule has 2 unspecified atom stereocenters. The highest BCUT2D eigenvalue weighted by Crippen LogP contribution is 2.39. The molecule has 0 N–H and O–H groups in total. The monoisotopic (exact) mass is 278 g/mol. The standard InChI is InChI=1S/C17H26OS/c1-3-5-8-14(4-2)11-18-12-15-13-19-17-10-7-6-9-16(15)17/h6-7,9-10,14-15H,3-5,8,11-13H2,1-2H3. The molecular weight excluding hydrogens is 252 g/mol. The zero-order valence-corrected chi connectivity index (χ0v) is 13.0. The third kappa shape index (κ3) is 4.25. The lowest BCUT2D eigenvalue weighted by Gasteiger charge is -2.17. The van der Waals surface area contributed by atoms with Crippen LogP contribution in [0.15, 0.2) is 29.2 Å². The van der Waals surface area contributed by atoms with Gasteiger partial charge in [-0.05, 0) is 24.0 Å². The van der Waals surface area contributed by atoms with Crippen molar-refractivity contribution in [1.82, 2.24) is 0 Å². The van der Waals surface area contributed by atoms with Crippen LogP contribution < -0.4 is 0 Å². The molecule has 0 saturated heterocycles. The molecule has 1 aromatic carbocycles. The van der Waals surface area contributed by atoms with Crippen LogP contribution in [0.25, 0.3) is 0 Å². The van der Waals surface area contributed by atoms with Crippen molar-refractivity contribution in [3.05, 3.63) is 29.8 Å². The quantitative estimate of drug-likeness (QED) is 0.653. The largest absolute Gasteiger partial charge is 0.380 e. The van der Waals surface area contributed by atoms with E-state index in [0.717, 1.165) is 19.1 Å². The Morgan fingerprint density at radius 1 is 1.32 bits per heavy atom. The average molecular weight is 278 g/mol. The summed E-state index contributed by atoms with van der Waals surface area (Å²) in [5.74, 6) is 2.54. The second kappa shape index (κ2) is 7.96.